The molecule has 2 aliphatic rings. The van der Waals surface area contributed by atoms with E-state index in [1.54, 1.807) is 0 Å². The second-order valence-electron chi connectivity index (χ2n) is 16.5. The third kappa shape index (κ3) is 5.51. The van der Waals surface area contributed by atoms with Gasteiger partial charge in [0.25, 0.3) is 0 Å². The molecular weight excluding hydrogens is 727 g/mol. The van der Waals surface area contributed by atoms with Crippen molar-refractivity contribution in [1.82, 2.24) is 0 Å². The Hall–Kier alpha value is -7.00. The van der Waals surface area contributed by atoms with E-state index in [0.29, 0.717) is 0 Å². The number of rotatable bonds is 7. The fourth-order valence-corrected chi connectivity index (χ4v) is 15.3. The van der Waals surface area contributed by atoms with Gasteiger partial charge in [-0.1, -0.05) is 202 Å². The van der Waals surface area contributed by atoms with Gasteiger partial charge in [0.1, 0.15) is 0 Å². The average molecular weight is 770 g/mol. The minimum Gasteiger partial charge on any atom is -0.310 e. The highest BCUT2D eigenvalue weighted by molar-refractivity contribution is 7.22. The van der Waals surface area contributed by atoms with E-state index >= 15 is 0 Å². The number of benzene rings is 9. The second kappa shape index (κ2) is 13.8. The van der Waals surface area contributed by atoms with Crippen molar-refractivity contribution in [2.45, 2.75) is 19.3 Å². The number of anilines is 3. The van der Waals surface area contributed by atoms with Crippen LogP contribution in [0.15, 0.2) is 224 Å². The molecule has 1 aliphatic carbocycles. The van der Waals surface area contributed by atoms with Gasteiger partial charge in [0, 0.05) is 22.5 Å². The molecule has 9 aromatic carbocycles. The fourth-order valence-electron chi connectivity index (χ4n) is 10.1. The Morgan fingerprint density at radius 2 is 0.780 bits per heavy atom. The summed E-state index contributed by atoms with van der Waals surface area (Å²) in [7, 11) is -2.74. The zero-order valence-electron chi connectivity index (χ0n) is 33.3. The van der Waals surface area contributed by atoms with Crippen molar-refractivity contribution in [3.63, 3.8) is 0 Å². The summed E-state index contributed by atoms with van der Waals surface area (Å²) in [6.07, 6.45) is 0. The maximum absolute atomic E-state index is 2.74. The monoisotopic (exact) mass is 769 g/mol. The molecule has 2 heteroatoms. The van der Waals surface area contributed by atoms with Crippen molar-refractivity contribution in [3.8, 4) is 44.5 Å². The first-order valence-corrected chi connectivity index (χ1v) is 22.7. The van der Waals surface area contributed by atoms with Crippen molar-refractivity contribution in [2.75, 3.05) is 4.90 Å². The van der Waals surface area contributed by atoms with Crippen LogP contribution < -0.4 is 25.6 Å². The maximum Gasteiger partial charge on any atom is 0.180 e. The van der Waals surface area contributed by atoms with Gasteiger partial charge in [-0.25, -0.2) is 0 Å². The van der Waals surface area contributed by atoms with Gasteiger partial charge in [-0.05, 0) is 113 Å². The van der Waals surface area contributed by atoms with Gasteiger partial charge in [0.15, 0.2) is 8.07 Å². The quantitative estimate of drug-likeness (QED) is 0.146. The predicted molar refractivity (Wildman–Crippen MR) is 252 cm³/mol. The van der Waals surface area contributed by atoms with Crippen LogP contribution in [0, 0.1) is 0 Å². The molecule has 0 spiro atoms. The van der Waals surface area contributed by atoms with Crippen LogP contribution in [0.4, 0.5) is 17.1 Å². The van der Waals surface area contributed by atoms with Gasteiger partial charge < -0.3 is 4.90 Å². The van der Waals surface area contributed by atoms with E-state index in [2.05, 4.69) is 243 Å². The Morgan fingerprint density at radius 3 is 1.47 bits per heavy atom. The minimum atomic E-state index is -2.74. The summed E-state index contributed by atoms with van der Waals surface area (Å²) in [4.78, 5) is 2.44. The molecule has 11 rings (SSSR count). The van der Waals surface area contributed by atoms with E-state index in [0.717, 1.165) is 17.1 Å². The van der Waals surface area contributed by atoms with Crippen molar-refractivity contribution >= 4 is 45.9 Å². The predicted octanol–water partition coefficient (Wildman–Crippen LogP) is 12.2. The first kappa shape index (κ1) is 35.2. The van der Waals surface area contributed by atoms with E-state index in [1.165, 1.54) is 76.4 Å². The third-order valence-corrected chi connectivity index (χ3v) is 17.8. The van der Waals surface area contributed by atoms with Crippen LogP contribution in [0.5, 0.6) is 0 Å². The SMILES string of the molecule is CC1(C)c2ccccc2-c2ccc(N(c3ccc(-c4ccccc4)cc3)c3ccc([Si]4(c5ccccc5)c5ccccc5-c5ccc(-c6ccccc6)cc54)cc3)cc21. The number of fused-ring (bicyclic) bond motifs is 6. The van der Waals surface area contributed by atoms with Gasteiger partial charge in [0.2, 0.25) is 0 Å². The molecule has 59 heavy (non-hydrogen) atoms. The Labute approximate surface area is 348 Å². The van der Waals surface area contributed by atoms with E-state index in [-0.39, 0.29) is 5.41 Å². The highest BCUT2D eigenvalue weighted by atomic mass is 28.3. The molecule has 1 aliphatic heterocycles. The molecule has 0 aromatic heterocycles. The number of nitrogens with zero attached hydrogens (tertiary/aromatic N) is 1. The van der Waals surface area contributed by atoms with Crippen LogP contribution in [0.1, 0.15) is 25.0 Å². The zero-order valence-corrected chi connectivity index (χ0v) is 34.3. The first-order chi connectivity index (χ1) is 29.0. The Bertz CT molecular complexity index is 2990. The molecule has 0 saturated carbocycles. The molecule has 0 radical (unpaired) electrons. The number of hydrogen-bond acceptors (Lipinski definition) is 1. The Kier molecular flexibility index (Phi) is 8.25. The summed E-state index contributed by atoms with van der Waals surface area (Å²) in [5, 5.41) is 5.69. The molecule has 0 fully saturated rings. The van der Waals surface area contributed by atoms with Gasteiger partial charge in [-0.2, -0.15) is 0 Å². The smallest absolute Gasteiger partial charge is 0.180 e. The summed E-state index contributed by atoms with van der Waals surface area (Å²) in [6, 6.07) is 83.8. The van der Waals surface area contributed by atoms with Crippen molar-refractivity contribution in [2.24, 2.45) is 0 Å². The summed E-state index contributed by atoms with van der Waals surface area (Å²) >= 11 is 0. The lowest BCUT2D eigenvalue weighted by molar-refractivity contribution is 0.660. The lowest BCUT2D eigenvalue weighted by Gasteiger charge is -2.33. The molecule has 0 saturated heterocycles. The van der Waals surface area contributed by atoms with Crippen molar-refractivity contribution in [1.29, 1.82) is 0 Å². The average Bonchev–Trinajstić information content (AvgIpc) is 3.73. The minimum absolute atomic E-state index is 0.107. The van der Waals surface area contributed by atoms with Crippen LogP contribution >= 0.6 is 0 Å². The third-order valence-electron chi connectivity index (χ3n) is 13.0. The van der Waals surface area contributed by atoms with Crippen LogP contribution in [-0.2, 0) is 5.41 Å². The molecule has 0 N–H and O–H groups in total. The van der Waals surface area contributed by atoms with Crippen LogP contribution in [0.3, 0.4) is 0 Å². The van der Waals surface area contributed by atoms with Crippen LogP contribution in [0.2, 0.25) is 0 Å². The van der Waals surface area contributed by atoms with Crippen molar-refractivity contribution in [3.05, 3.63) is 236 Å². The Morgan fingerprint density at radius 1 is 0.322 bits per heavy atom. The first-order valence-electron chi connectivity index (χ1n) is 20.7. The normalized spacial score (nSPS) is 15.5. The van der Waals surface area contributed by atoms with Gasteiger partial charge in [0.05, 0.1) is 0 Å². The summed E-state index contributed by atoms with van der Waals surface area (Å²) < 4.78 is 0. The highest BCUT2D eigenvalue weighted by Crippen LogP contribution is 2.50. The van der Waals surface area contributed by atoms with E-state index in [9.17, 15) is 0 Å². The topological polar surface area (TPSA) is 3.24 Å². The fraction of sp³-hybridized carbons (Fsp3) is 0.0526. The molecule has 9 aromatic rings. The molecule has 1 nitrogen and oxygen atoms in total. The Balaban J connectivity index is 1.09. The largest absolute Gasteiger partial charge is 0.310 e. The number of hydrogen-bond donors (Lipinski definition) is 0. The molecular formula is C57H43NSi. The van der Waals surface area contributed by atoms with Crippen LogP contribution in [-0.4, -0.2) is 8.07 Å². The lowest BCUT2D eigenvalue weighted by atomic mass is 9.82. The van der Waals surface area contributed by atoms with E-state index in [1.807, 2.05) is 0 Å². The van der Waals surface area contributed by atoms with Crippen molar-refractivity contribution < 1.29 is 0 Å². The molecule has 1 unspecified atom stereocenters. The van der Waals surface area contributed by atoms with E-state index < -0.39 is 8.07 Å². The summed E-state index contributed by atoms with van der Waals surface area (Å²) in [5.41, 5.74) is 16.4. The second-order valence-corrected chi connectivity index (χ2v) is 20.2. The highest BCUT2D eigenvalue weighted by Gasteiger charge is 2.48. The zero-order chi connectivity index (χ0) is 39.6. The molecule has 0 amide bonds. The standard InChI is InChI=1S/C57H43NSi/c1-57(2)53-24-14-12-22-49(53)50-37-33-46(39-54(50)57)58(44-29-26-42(27-30-44)40-16-6-3-7-17-40)45-31-34-48(35-32-45)59(47-20-10-5-11-21-47)55-25-15-13-23-51(55)52-36-28-43(38-56(52)59)41-18-8-4-9-19-41/h3-39H,1-2H3. The molecule has 1 heterocycles. The van der Waals surface area contributed by atoms with E-state index in [4.69, 9.17) is 0 Å². The van der Waals surface area contributed by atoms with Gasteiger partial charge in [-0.15, -0.1) is 0 Å². The molecule has 280 valence electrons. The van der Waals surface area contributed by atoms with Gasteiger partial charge >= 0.3 is 0 Å². The van der Waals surface area contributed by atoms with Gasteiger partial charge in [-0.3, -0.25) is 0 Å². The lowest BCUT2D eigenvalue weighted by Crippen LogP contribution is -2.72. The molecule has 1 atom stereocenters. The summed E-state index contributed by atoms with van der Waals surface area (Å²) in [6.45, 7) is 4.73. The molecule has 0 bridgehead atoms. The van der Waals surface area contributed by atoms with Crippen LogP contribution in [0.25, 0.3) is 44.5 Å². The summed E-state index contributed by atoms with van der Waals surface area (Å²) in [5.74, 6) is 0. The maximum atomic E-state index is 2.50.